The fourth-order valence-electron chi connectivity index (χ4n) is 2.58. The SMILES string of the molecule is CN=C(NCCc1ccccn1)NCc1ccc2c(c1)OCCCO2.I. The second-order valence-electron chi connectivity index (χ2n) is 5.76. The molecular formula is C19H25IN4O2. The zero-order valence-corrected chi connectivity index (χ0v) is 17.2. The van der Waals surface area contributed by atoms with Crippen molar-refractivity contribution in [3.05, 3.63) is 53.9 Å². The predicted octanol–water partition coefficient (Wildman–Crippen LogP) is 2.77. The Hall–Kier alpha value is -2.03. The van der Waals surface area contributed by atoms with Crippen molar-refractivity contribution in [3.63, 3.8) is 0 Å². The third-order valence-corrected chi connectivity index (χ3v) is 3.90. The van der Waals surface area contributed by atoms with Crippen LogP contribution in [0.5, 0.6) is 11.5 Å². The van der Waals surface area contributed by atoms with Crippen molar-refractivity contribution in [1.82, 2.24) is 15.6 Å². The van der Waals surface area contributed by atoms with E-state index in [0.29, 0.717) is 19.8 Å². The van der Waals surface area contributed by atoms with E-state index in [1.54, 1.807) is 7.05 Å². The van der Waals surface area contributed by atoms with E-state index in [1.807, 2.05) is 42.6 Å². The minimum atomic E-state index is 0. The zero-order valence-electron chi connectivity index (χ0n) is 14.9. The first-order valence-corrected chi connectivity index (χ1v) is 8.58. The van der Waals surface area contributed by atoms with Gasteiger partial charge in [0.15, 0.2) is 17.5 Å². The number of hydrogen-bond donors (Lipinski definition) is 2. The lowest BCUT2D eigenvalue weighted by atomic mass is 10.2. The Morgan fingerprint density at radius 1 is 1.12 bits per heavy atom. The number of aliphatic imine (C=N–C) groups is 1. The Kier molecular flexibility index (Phi) is 8.46. The van der Waals surface area contributed by atoms with E-state index < -0.39 is 0 Å². The van der Waals surface area contributed by atoms with Crippen LogP contribution in [-0.4, -0.2) is 37.7 Å². The van der Waals surface area contributed by atoms with Gasteiger partial charge in [0, 0.05) is 44.9 Å². The van der Waals surface area contributed by atoms with Gasteiger partial charge in [-0.15, -0.1) is 24.0 Å². The average Bonchev–Trinajstić information content (AvgIpc) is 2.90. The summed E-state index contributed by atoms with van der Waals surface area (Å²) in [4.78, 5) is 8.57. The molecule has 0 amide bonds. The van der Waals surface area contributed by atoms with E-state index in [9.17, 15) is 0 Å². The molecule has 7 heteroatoms. The van der Waals surface area contributed by atoms with Gasteiger partial charge in [0.05, 0.1) is 13.2 Å². The van der Waals surface area contributed by atoms with Crippen LogP contribution in [0.2, 0.25) is 0 Å². The lowest BCUT2D eigenvalue weighted by Gasteiger charge is -2.13. The summed E-state index contributed by atoms with van der Waals surface area (Å²) in [5, 5.41) is 6.62. The molecule has 2 aromatic rings. The highest BCUT2D eigenvalue weighted by Gasteiger charge is 2.10. The largest absolute Gasteiger partial charge is 0.490 e. The van der Waals surface area contributed by atoms with Crippen molar-refractivity contribution in [1.29, 1.82) is 0 Å². The Labute approximate surface area is 171 Å². The molecule has 0 radical (unpaired) electrons. The van der Waals surface area contributed by atoms with E-state index >= 15 is 0 Å². The fraction of sp³-hybridized carbons (Fsp3) is 0.368. The second-order valence-corrected chi connectivity index (χ2v) is 5.76. The van der Waals surface area contributed by atoms with Gasteiger partial charge in [-0.05, 0) is 29.8 Å². The summed E-state index contributed by atoms with van der Waals surface area (Å²) in [7, 11) is 1.77. The summed E-state index contributed by atoms with van der Waals surface area (Å²) in [6.45, 7) is 2.84. The molecule has 0 atom stereocenters. The summed E-state index contributed by atoms with van der Waals surface area (Å²) in [5.41, 5.74) is 2.19. The number of pyridine rings is 1. The third kappa shape index (κ3) is 6.05. The minimum Gasteiger partial charge on any atom is -0.490 e. The van der Waals surface area contributed by atoms with E-state index in [2.05, 4.69) is 20.6 Å². The van der Waals surface area contributed by atoms with E-state index in [1.165, 1.54) is 0 Å². The van der Waals surface area contributed by atoms with Gasteiger partial charge in [-0.3, -0.25) is 9.98 Å². The highest BCUT2D eigenvalue weighted by molar-refractivity contribution is 14.0. The predicted molar refractivity (Wildman–Crippen MR) is 114 cm³/mol. The van der Waals surface area contributed by atoms with Gasteiger partial charge in [0.25, 0.3) is 0 Å². The van der Waals surface area contributed by atoms with Gasteiger partial charge < -0.3 is 20.1 Å². The summed E-state index contributed by atoms with van der Waals surface area (Å²) < 4.78 is 11.4. The monoisotopic (exact) mass is 468 g/mol. The number of hydrogen-bond acceptors (Lipinski definition) is 4. The van der Waals surface area contributed by atoms with Crippen LogP contribution < -0.4 is 20.1 Å². The summed E-state index contributed by atoms with van der Waals surface area (Å²) in [6.07, 6.45) is 3.58. The number of nitrogens with zero attached hydrogens (tertiary/aromatic N) is 2. The topological polar surface area (TPSA) is 67.8 Å². The van der Waals surface area contributed by atoms with Crippen LogP contribution in [0.1, 0.15) is 17.7 Å². The molecule has 0 bridgehead atoms. The van der Waals surface area contributed by atoms with Crippen LogP contribution >= 0.6 is 24.0 Å². The first-order chi connectivity index (χ1) is 12.3. The molecule has 2 N–H and O–H groups in total. The van der Waals surface area contributed by atoms with Crippen LogP contribution in [0.15, 0.2) is 47.6 Å². The van der Waals surface area contributed by atoms with Gasteiger partial charge in [0.1, 0.15) is 0 Å². The zero-order chi connectivity index (χ0) is 17.3. The minimum absolute atomic E-state index is 0. The number of benzene rings is 1. The van der Waals surface area contributed by atoms with Crippen molar-refractivity contribution in [3.8, 4) is 11.5 Å². The number of rotatable bonds is 5. The second kappa shape index (κ2) is 10.8. The molecule has 1 aliphatic rings. The van der Waals surface area contributed by atoms with Crippen LogP contribution in [-0.2, 0) is 13.0 Å². The average molecular weight is 468 g/mol. The maximum Gasteiger partial charge on any atom is 0.191 e. The van der Waals surface area contributed by atoms with Crippen molar-refractivity contribution in [2.45, 2.75) is 19.4 Å². The van der Waals surface area contributed by atoms with Gasteiger partial charge >= 0.3 is 0 Å². The molecule has 1 aliphatic heterocycles. The van der Waals surface area contributed by atoms with E-state index in [-0.39, 0.29) is 24.0 Å². The molecule has 0 aliphatic carbocycles. The van der Waals surface area contributed by atoms with E-state index in [0.717, 1.165) is 48.1 Å². The van der Waals surface area contributed by atoms with Crippen molar-refractivity contribution in [2.24, 2.45) is 4.99 Å². The maximum atomic E-state index is 5.73. The summed E-state index contributed by atoms with van der Waals surface area (Å²) in [6, 6.07) is 12.0. The molecular weight excluding hydrogens is 443 g/mol. The van der Waals surface area contributed by atoms with Gasteiger partial charge in [-0.25, -0.2) is 0 Å². The number of fused-ring (bicyclic) bond motifs is 1. The quantitative estimate of drug-likeness (QED) is 0.402. The first-order valence-electron chi connectivity index (χ1n) is 8.58. The normalized spacial score (nSPS) is 13.3. The molecule has 0 spiro atoms. The van der Waals surface area contributed by atoms with Gasteiger partial charge in [-0.1, -0.05) is 12.1 Å². The Bertz CT molecular complexity index is 710. The number of ether oxygens (including phenoxy) is 2. The highest BCUT2D eigenvalue weighted by Crippen LogP contribution is 2.30. The number of aromatic nitrogens is 1. The summed E-state index contributed by atoms with van der Waals surface area (Å²) in [5.74, 6) is 2.40. The van der Waals surface area contributed by atoms with Crippen molar-refractivity contribution < 1.29 is 9.47 Å². The lowest BCUT2D eigenvalue weighted by molar-refractivity contribution is 0.297. The number of halogens is 1. The van der Waals surface area contributed by atoms with Crippen LogP contribution in [0.3, 0.4) is 0 Å². The Balaban J connectivity index is 0.00000243. The summed E-state index contributed by atoms with van der Waals surface area (Å²) >= 11 is 0. The molecule has 3 rings (SSSR count). The highest BCUT2D eigenvalue weighted by atomic mass is 127. The smallest absolute Gasteiger partial charge is 0.191 e. The van der Waals surface area contributed by atoms with Crippen molar-refractivity contribution in [2.75, 3.05) is 26.8 Å². The molecule has 0 saturated heterocycles. The lowest BCUT2D eigenvalue weighted by Crippen LogP contribution is -2.37. The molecule has 1 aromatic heterocycles. The number of nitrogens with one attached hydrogen (secondary N) is 2. The molecule has 26 heavy (non-hydrogen) atoms. The van der Waals surface area contributed by atoms with Crippen LogP contribution in [0.4, 0.5) is 0 Å². The third-order valence-electron chi connectivity index (χ3n) is 3.90. The van der Waals surface area contributed by atoms with Gasteiger partial charge in [-0.2, -0.15) is 0 Å². The van der Waals surface area contributed by atoms with Crippen LogP contribution in [0, 0.1) is 0 Å². The molecule has 0 saturated carbocycles. The van der Waals surface area contributed by atoms with Crippen molar-refractivity contribution >= 4 is 29.9 Å². The fourth-order valence-corrected chi connectivity index (χ4v) is 2.58. The van der Waals surface area contributed by atoms with Crippen LogP contribution in [0.25, 0.3) is 0 Å². The maximum absolute atomic E-state index is 5.73. The molecule has 6 nitrogen and oxygen atoms in total. The van der Waals surface area contributed by atoms with Gasteiger partial charge in [0.2, 0.25) is 0 Å². The Morgan fingerprint density at radius 2 is 1.96 bits per heavy atom. The molecule has 2 heterocycles. The molecule has 0 unspecified atom stereocenters. The molecule has 0 fully saturated rings. The Morgan fingerprint density at radius 3 is 2.73 bits per heavy atom. The number of guanidine groups is 1. The molecule has 140 valence electrons. The first kappa shape index (κ1) is 20.3. The van der Waals surface area contributed by atoms with E-state index in [4.69, 9.17) is 9.47 Å². The molecule has 1 aromatic carbocycles. The standard InChI is InChI=1S/C19H24N4O2.HI/c1-20-19(22-10-8-16-5-2-3-9-21-16)23-14-15-6-7-17-18(13-15)25-12-4-11-24-17;/h2-3,5-7,9,13H,4,8,10-12,14H2,1H3,(H2,20,22,23);1H.